The van der Waals surface area contributed by atoms with Gasteiger partial charge in [-0.1, -0.05) is 17.7 Å². The van der Waals surface area contributed by atoms with Gasteiger partial charge in [-0.15, -0.1) is 0 Å². The summed E-state index contributed by atoms with van der Waals surface area (Å²) in [7, 11) is -1.12. The summed E-state index contributed by atoms with van der Waals surface area (Å²) in [6, 6.07) is 5.57. The van der Waals surface area contributed by atoms with E-state index in [0.717, 1.165) is 4.90 Å². The van der Waals surface area contributed by atoms with E-state index in [1.54, 1.807) is 24.3 Å². The highest BCUT2D eigenvalue weighted by atomic mass is 35.5. The van der Waals surface area contributed by atoms with Crippen LogP contribution in [0.5, 0.6) is 0 Å². The average molecular weight is 285 g/mol. The Morgan fingerprint density at radius 2 is 2.11 bits per heavy atom. The molecule has 0 saturated carbocycles. The van der Waals surface area contributed by atoms with E-state index in [-0.39, 0.29) is 17.5 Å². The predicted molar refractivity (Wildman–Crippen MR) is 67.8 cm³/mol. The number of amides is 3. The van der Waals surface area contributed by atoms with Crippen LogP contribution >= 0.6 is 11.6 Å². The van der Waals surface area contributed by atoms with Crippen molar-refractivity contribution in [3.8, 4) is 0 Å². The van der Waals surface area contributed by atoms with E-state index < -0.39 is 22.9 Å². The summed E-state index contributed by atoms with van der Waals surface area (Å²) in [6.45, 7) is 0. The molecule has 0 aliphatic carbocycles. The van der Waals surface area contributed by atoms with Crippen molar-refractivity contribution in [2.45, 2.75) is 6.04 Å². The Hall–Kier alpha value is -1.40. The van der Waals surface area contributed by atoms with Gasteiger partial charge in [0.25, 0.3) is 5.91 Å². The molecule has 94 valence electrons. The van der Waals surface area contributed by atoms with Crippen LogP contribution in [0.2, 0.25) is 5.02 Å². The molecule has 2 aliphatic heterocycles. The lowest BCUT2D eigenvalue weighted by molar-refractivity contribution is -0.118. The topological polar surface area (TPSA) is 57.7 Å². The summed E-state index contributed by atoms with van der Waals surface area (Å²) in [4.78, 5) is 26.7. The molecule has 3 amide bonds. The molecule has 1 aromatic carbocycles. The minimum Gasteiger partial charge on any atom is -0.299 e. The van der Waals surface area contributed by atoms with Gasteiger partial charge in [-0.3, -0.25) is 13.9 Å². The Morgan fingerprint density at radius 1 is 1.33 bits per heavy atom. The summed E-state index contributed by atoms with van der Waals surface area (Å²) < 4.78 is 11.4. The molecule has 2 unspecified atom stereocenters. The summed E-state index contributed by atoms with van der Waals surface area (Å²) in [5.74, 6) is 0.0293. The SMILES string of the molecule is O=C1C2CS(=O)CN2C(=O)N1c1cccc(Cl)c1. The number of hydrogen-bond donors (Lipinski definition) is 0. The standard InChI is InChI=1S/C11H9ClN2O3S/c12-7-2-1-3-8(4-7)14-10(15)9-5-18(17)6-13(9)11(14)16/h1-4,9H,5-6H2. The van der Waals surface area contributed by atoms with Crippen LogP contribution in [0.25, 0.3) is 0 Å². The number of benzene rings is 1. The largest absolute Gasteiger partial charge is 0.332 e. The number of hydrogen-bond acceptors (Lipinski definition) is 3. The molecule has 2 saturated heterocycles. The fraction of sp³-hybridized carbons (Fsp3) is 0.273. The van der Waals surface area contributed by atoms with Crippen molar-refractivity contribution in [2.24, 2.45) is 0 Å². The molecule has 2 fully saturated rings. The first-order chi connectivity index (χ1) is 8.58. The Labute approximate surface area is 111 Å². The monoisotopic (exact) mass is 284 g/mol. The van der Waals surface area contributed by atoms with E-state index in [1.165, 1.54) is 4.90 Å². The fourth-order valence-corrected chi connectivity index (χ4v) is 3.75. The van der Waals surface area contributed by atoms with E-state index in [4.69, 9.17) is 11.6 Å². The van der Waals surface area contributed by atoms with Crippen molar-refractivity contribution in [1.29, 1.82) is 0 Å². The minimum absolute atomic E-state index is 0.131. The highest BCUT2D eigenvalue weighted by Crippen LogP contribution is 2.30. The number of rotatable bonds is 1. The van der Waals surface area contributed by atoms with Gasteiger partial charge in [0, 0.05) is 15.8 Å². The van der Waals surface area contributed by atoms with Gasteiger partial charge in [-0.2, -0.15) is 0 Å². The molecule has 18 heavy (non-hydrogen) atoms. The van der Waals surface area contributed by atoms with Crippen LogP contribution in [0.3, 0.4) is 0 Å². The van der Waals surface area contributed by atoms with E-state index >= 15 is 0 Å². The van der Waals surface area contributed by atoms with Crippen LogP contribution in [-0.2, 0) is 15.6 Å². The Kier molecular flexibility index (Phi) is 2.64. The molecule has 7 heteroatoms. The zero-order valence-corrected chi connectivity index (χ0v) is 10.8. The molecule has 2 atom stereocenters. The van der Waals surface area contributed by atoms with Gasteiger partial charge >= 0.3 is 6.03 Å². The van der Waals surface area contributed by atoms with Gasteiger partial charge in [0.2, 0.25) is 0 Å². The van der Waals surface area contributed by atoms with Crippen molar-refractivity contribution in [3.63, 3.8) is 0 Å². The number of nitrogens with zero attached hydrogens (tertiary/aromatic N) is 2. The van der Waals surface area contributed by atoms with E-state index in [2.05, 4.69) is 0 Å². The molecule has 5 nitrogen and oxygen atoms in total. The average Bonchev–Trinajstić information content (AvgIpc) is 2.79. The van der Waals surface area contributed by atoms with E-state index in [9.17, 15) is 13.8 Å². The smallest absolute Gasteiger partial charge is 0.299 e. The maximum atomic E-state index is 12.1. The third-order valence-electron chi connectivity index (χ3n) is 3.01. The van der Waals surface area contributed by atoms with Gasteiger partial charge in [-0.05, 0) is 18.2 Å². The summed E-state index contributed by atoms with van der Waals surface area (Å²) >= 11 is 5.85. The fourth-order valence-electron chi connectivity index (χ4n) is 2.18. The van der Waals surface area contributed by atoms with Gasteiger partial charge in [0.05, 0.1) is 17.3 Å². The normalized spacial score (nSPS) is 26.9. The molecular formula is C11H9ClN2O3S. The lowest BCUT2D eigenvalue weighted by Gasteiger charge is -2.15. The number of anilines is 1. The highest BCUT2D eigenvalue weighted by Gasteiger charge is 2.50. The van der Waals surface area contributed by atoms with Crippen molar-refractivity contribution in [2.75, 3.05) is 16.5 Å². The van der Waals surface area contributed by atoms with Crippen molar-refractivity contribution >= 4 is 40.0 Å². The second-order valence-corrected chi connectivity index (χ2v) is 6.06. The van der Waals surface area contributed by atoms with Crippen LogP contribution in [-0.4, -0.2) is 38.7 Å². The van der Waals surface area contributed by atoms with Crippen molar-refractivity contribution < 1.29 is 13.8 Å². The molecule has 0 N–H and O–H groups in total. The third kappa shape index (κ3) is 1.64. The highest BCUT2D eigenvalue weighted by molar-refractivity contribution is 7.85. The molecule has 1 aromatic rings. The molecule has 0 spiro atoms. The first-order valence-corrected chi connectivity index (χ1v) is 7.19. The van der Waals surface area contributed by atoms with Gasteiger partial charge < -0.3 is 0 Å². The first-order valence-electron chi connectivity index (χ1n) is 5.33. The molecular weight excluding hydrogens is 276 g/mol. The van der Waals surface area contributed by atoms with Crippen LogP contribution in [0.15, 0.2) is 24.3 Å². The van der Waals surface area contributed by atoms with Crippen LogP contribution < -0.4 is 4.90 Å². The molecule has 3 rings (SSSR count). The predicted octanol–water partition coefficient (Wildman–Crippen LogP) is 1.20. The number of carbonyl (C=O) groups is 2. The maximum absolute atomic E-state index is 12.1. The minimum atomic E-state index is -1.12. The quantitative estimate of drug-likeness (QED) is 0.728. The lowest BCUT2D eigenvalue weighted by atomic mass is 10.2. The number of imide groups is 1. The molecule has 2 heterocycles. The van der Waals surface area contributed by atoms with Crippen molar-refractivity contribution in [1.82, 2.24) is 4.90 Å². The second kappa shape index (κ2) is 4.07. The second-order valence-electron chi connectivity index (χ2n) is 4.16. The molecule has 0 bridgehead atoms. The van der Waals surface area contributed by atoms with Gasteiger partial charge in [-0.25, -0.2) is 9.69 Å². The molecule has 2 aliphatic rings. The number of fused-ring (bicyclic) bond motifs is 1. The summed E-state index contributed by atoms with van der Waals surface area (Å²) in [6.07, 6.45) is 0. The van der Waals surface area contributed by atoms with Crippen LogP contribution in [0.4, 0.5) is 10.5 Å². The molecule has 0 radical (unpaired) electrons. The Balaban J connectivity index is 1.98. The zero-order chi connectivity index (χ0) is 12.9. The van der Waals surface area contributed by atoms with Crippen LogP contribution in [0, 0.1) is 0 Å². The molecule has 0 aromatic heterocycles. The Bertz CT molecular complexity index is 551. The van der Waals surface area contributed by atoms with Crippen LogP contribution in [0.1, 0.15) is 0 Å². The number of urea groups is 1. The summed E-state index contributed by atoms with van der Waals surface area (Å²) in [5, 5.41) is 0.462. The van der Waals surface area contributed by atoms with E-state index in [0.29, 0.717) is 10.7 Å². The van der Waals surface area contributed by atoms with Gasteiger partial charge in [0.1, 0.15) is 6.04 Å². The first kappa shape index (κ1) is 11.7. The van der Waals surface area contributed by atoms with E-state index in [1.807, 2.05) is 0 Å². The zero-order valence-electron chi connectivity index (χ0n) is 9.21. The third-order valence-corrected chi connectivity index (χ3v) is 4.50. The Morgan fingerprint density at radius 3 is 2.78 bits per heavy atom. The lowest BCUT2D eigenvalue weighted by Crippen LogP contribution is -2.33. The number of halogens is 1. The number of carbonyl (C=O) groups excluding carboxylic acids is 2. The van der Waals surface area contributed by atoms with Gasteiger partial charge in [0.15, 0.2) is 0 Å². The summed E-state index contributed by atoms with van der Waals surface area (Å²) in [5.41, 5.74) is 0.456. The maximum Gasteiger partial charge on any atom is 0.332 e. The van der Waals surface area contributed by atoms with Crippen molar-refractivity contribution in [3.05, 3.63) is 29.3 Å².